The fraction of sp³-hybridized carbons (Fsp3) is 0.222. The van der Waals surface area contributed by atoms with Crippen LogP contribution in [0.1, 0.15) is 44.7 Å². The number of amides is 1. The molecular weight excluding hydrogens is 416 g/mol. The van der Waals surface area contributed by atoms with Gasteiger partial charge in [-0.15, -0.1) is 0 Å². The maximum absolute atomic E-state index is 13.3. The van der Waals surface area contributed by atoms with E-state index in [2.05, 4.69) is 6.07 Å². The molecule has 0 aliphatic carbocycles. The van der Waals surface area contributed by atoms with Gasteiger partial charge in [-0.05, 0) is 44.0 Å². The highest BCUT2D eigenvalue weighted by Crippen LogP contribution is 2.33. The first-order valence-electron chi connectivity index (χ1n) is 10.7. The summed E-state index contributed by atoms with van der Waals surface area (Å²) >= 11 is 1.44. The van der Waals surface area contributed by atoms with Crippen molar-refractivity contribution in [3.05, 3.63) is 95.1 Å². The first kappa shape index (κ1) is 21.9. The van der Waals surface area contributed by atoms with Gasteiger partial charge in [0.05, 0.1) is 11.1 Å². The molecule has 0 spiro atoms. The monoisotopic (exact) mass is 440 g/mol. The van der Waals surface area contributed by atoms with E-state index in [0.717, 1.165) is 20.9 Å². The minimum Gasteiger partial charge on any atom is -0.339 e. The van der Waals surface area contributed by atoms with E-state index in [1.807, 2.05) is 78.6 Å². The number of piperidine rings is 1. The molecule has 1 aliphatic rings. The van der Waals surface area contributed by atoms with Gasteiger partial charge in [0.25, 0.3) is 5.91 Å². The third kappa shape index (κ3) is 4.76. The van der Waals surface area contributed by atoms with E-state index in [0.29, 0.717) is 37.1 Å². The lowest BCUT2D eigenvalue weighted by Crippen LogP contribution is -2.40. The van der Waals surface area contributed by atoms with Crippen LogP contribution in [0.3, 0.4) is 0 Å². The number of hydrogen-bond acceptors (Lipinski definition) is 4. The Balaban J connectivity index is 1.45. The highest BCUT2D eigenvalue weighted by molar-refractivity contribution is 7.99. The van der Waals surface area contributed by atoms with Gasteiger partial charge in [0.2, 0.25) is 0 Å². The molecule has 4 rings (SSSR count). The van der Waals surface area contributed by atoms with E-state index < -0.39 is 0 Å². The van der Waals surface area contributed by atoms with Gasteiger partial charge in [-0.3, -0.25) is 9.59 Å². The number of nitrogens with zero attached hydrogens (tertiary/aromatic N) is 2. The lowest BCUT2D eigenvalue weighted by molar-refractivity contribution is 0.0647. The van der Waals surface area contributed by atoms with E-state index in [9.17, 15) is 14.9 Å². The van der Waals surface area contributed by atoms with Gasteiger partial charge in [-0.25, -0.2) is 0 Å². The van der Waals surface area contributed by atoms with E-state index in [4.69, 9.17) is 0 Å². The molecule has 3 aromatic carbocycles. The predicted octanol–water partition coefficient (Wildman–Crippen LogP) is 5.75. The van der Waals surface area contributed by atoms with Crippen LogP contribution in [0.25, 0.3) is 0 Å². The van der Waals surface area contributed by atoms with Crippen LogP contribution in [0.4, 0.5) is 0 Å². The predicted molar refractivity (Wildman–Crippen MR) is 126 cm³/mol. The number of nitriles is 1. The lowest BCUT2D eigenvalue weighted by atomic mass is 9.88. The molecule has 1 aliphatic heterocycles. The Kier molecular flexibility index (Phi) is 6.72. The molecule has 1 fully saturated rings. The smallest absolute Gasteiger partial charge is 0.255 e. The van der Waals surface area contributed by atoms with Crippen molar-refractivity contribution < 1.29 is 9.59 Å². The van der Waals surface area contributed by atoms with Crippen LogP contribution in [0.15, 0.2) is 82.6 Å². The maximum atomic E-state index is 13.3. The fourth-order valence-corrected chi connectivity index (χ4v) is 4.99. The number of carbonyl (C=O) groups is 2. The molecule has 3 aromatic rings. The van der Waals surface area contributed by atoms with Crippen LogP contribution in [0.2, 0.25) is 0 Å². The molecule has 0 atom stereocenters. The van der Waals surface area contributed by atoms with Crippen molar-refractivity contribution in [2.75, 3.05) is 13.1 Å². The fourth-order valence-electron chi connectivity index (χ4n) is 3.97. The number of ketones is 1. The minimum atomic E-state index is -0.0473. The Hall–Kier alpha value is -3.36. The van der Waals surface area contributed by atoms with Gasteiger partial charge in [-0.2, -0.15) is 5.26 Å². The third-order valence-electron chi connectivity index (χ3n) is 5.83. The molecule has 0 N–H and O–H groups in total. The number of hydrogen-bond donors (Lipinski definition) is 0. The van der Waals surface area contributed by atoms with Crippen molar-refractivity contribution in [2.45, 2.75) is 29.6 Å². The highest BCUT2D eigenvalue weighted by atomic mass is 32.2. The molecule has 0 unspecified atom stereocenters. The summed E-state index contributed by atoms with van der Waals surface area (Å²) in [4.78, 5) is 29.7. The summed E-state index contributed by atoms with van der Waals surface area (Å²) in [5.74, 6) is 0.0961. The zero-order valence-electron chi connectivity index (χ0n) is 18.0. The second kappa shape index (κ2) is 9.84. The Bertz CT molecular complexity index is 1170. The van der Waals surface area contributed by atoms with Crippen molar-refractivity contribution in [1.82, 2.24) is 4.90 Å². The molecular formula is C27H24N2O2S. The summed E-state index contributed by atoms with van der Waals surface area (Å²) in [5.41, 5.74) is 3.11. The average Bonchev–Trinajstić information content (AvgIpc) is 2.84. The van der Waals surface area contributed by atoms with Gasteiger partial charge < -0.3 is 4.90 Å². The second-order valence-corrected chi connectivity index (χ2v) is 9.09. The van der Waals surface area contributed by atoms with Crippen molar-refractivity contribution in [2.24, 2.45) is 5.92 Å². The second-order valence-electron chi connectivity index (χ2n) is 8.00. The quantitative estimate of drug-likeness (QED) is 0.474. The molecule has 1 heterocycles. The Morgan fingerprint density at radius 2 is 1.53 bits per heavy atom. The van der Waals surface area contributed by atoms with Gasteiger partial charge in [-0.1, -0.05) is 65.9 Å². The summed E-state index contributed by atoms with van der Waals surface area (Å²) in [6.07, 6.45) is 1.34. The molecule has 0 radical (unpaired) electrons. The lowest BCUT2D eigenvalue weighted by Gasteiger charge is -2.32. The highest BCUT2D eigenvalue weighted by Gasteiger charge is 2.29. The number of Topliss-reactive ketones (excluding diaryl/α,β-unsaturated/α-hetero) is 1. The SMILES string of the molecule is Cc1ccc(C(=O)C2CCN(C(=O)c3ccccc3Sc3ccccc3C#N)CC2)cc1. The number of aryl methyl sites for hydroxylation is 1. The van der Waals surface area contributed by atoms with Crippen molar-refractivity contribution >= 4 is 23.5 Å². The number of rotatable bonds is 5. The van der Waals surface area contributed by atoms with Gasteiger partial charge in [0.15, 0.2) is 5.78 Å². The molecule has 32 heavy (non-hydrogen) atoms. The number of likely N-dealkylation sites (tertiary alicyclic amines) is 1. The summed E-state index contributed by atoms with van der Waals surface area (Å²) in [5, 5.41) is 9.38. The Morgan fingerprint density at radius 1 is 0.906 bits per heavy atom. The molecule has 5 heteroatoms. The van der Waals surface area contributed by atoms with E-state index in [1.165, 1.54) is 11.8 Å². The first-order valence-corrected chi connectivity index (χ1v) is 11.5. The van der Waals surface area contributed by atoms with Crippen LogP contribution in [-0.4, -0.2) is 29.7 Å². The van der Waals surface area contributed by atoms with Crippen molar-refractivity contribution in [3.8, 4) is 6.07 Å². The molecule has 160 valence electrons. The maximum Gasteiger partial charge on any atom is 0.255 e. The van der Waals surface area contributed by atoms with Gasteiger partial charge in [0, 0.05) is 34.4 Å². The van der Waals surface area contributed by atoms with Crippen LogP contribution in [0.5, 0.6) is 0 Å². The Labute approximate surface area is 192 Å². The minimum absolute atomic E-state index is 0.0243. The van der Waals surface area contributed by atoms with Crippen LogP contribution in [-0.2, 0) is 0 Å². The van der Waals surface area contributed by atoms with E-state index >= 15 is 0 Å². The van der Waals surface area contributed by atoms with E-state index in [1.54, 1.807) is 6.07 Å². The zero-order chi connectivity index (χ0) is 22.5. The normalized spacial score (nSPS) is 14.1. The summed E-state index contributed by atoms with van der Waals surface area (Å²) in [6, 6.07) is 24.8. The van der Waals surface area contributed by atoms with Crippen molar-refractivity contribution in [1.29, 1.82) is 5.26 Å². The molecule has 0 bridgehead atoms. The summed E-state index contributed by atoms with van der Waals surface area (Å²) in [6.45, 7) is 3.14. The standard InChI is InChI=1S/C27H24N2O2S/c1-19-10-12-20(13-11-19)26(30)21-14-16-29(17-15-21)27(31)23-7-3-5-9-25(23)32-24-8-4-2-6-22(24)18-28/h2-13,21H,14-17H2,1H3. The third-order valence-corrected chi connectivity index (χ3v) is 6.99. The molecule has 1 saturated heterocycles. The van der Waals surface area contributed by atoms with Crippen molar-refractivity contribution in [3.63, 3.8) is 0 Å². The summed E-state index contributed by atoms with van der Waals surface area (Å²) < 4.78 is 0. The molecule has 0 aromatic heterocycles. The largest absolute Gasteiger partial charge is 0.339 e. The zero-order valence-corrected chi connectivity index (χ0v) is 18.8. The number of carbonyl (C=O) groups excluding carboxylic acids is 2. The first-order chi connectivity index (χ1) is 15.6. The van der Waals surface area contributed by atoms with Crippen LogP contribution >= 0.6 is 11.8 Å². The topological polar surface area (TPSA) is 61.2 Å². The average molecular weight is 441 g/mol. The van der Waals surface area contributed by atoms with Crippen LogP contribution in [0, 0.1) is 24.2 Å². The van der Waals surface area contributed by atoms with Crippen LogP contribution < -0.4 is 0 Å². The Morgan fingerprint density at radius 3 is 2.22 bits per heavy atom. The van der Waals surface area contributed by atoms with Gasteiger partial charge >= 0.3 is 0 Å². The molecule has 1 amide bonds. The molecule has 4 nitrogen and oxygen atoms in total. The van der Waals surface area contributed by atoms with E-state index in [-0.39, 0.29) is 17.6 Å². The van der Waals surface area contributed by atoms with Gasteiger partial charge in [0.1, 0.15) is 6.07 Å². The summed E-state index contributed by atoms with van der Waals surface area (Å²) in [7, 11) is 0. The number of benzene rings is 3. The molecule has 0 saturated carbocycles.